The van der Waals surface area contributed by atoms with Crippen LogP contribution >= 0.6 is 11.8 Å². The average molecular weight is 354 g/mol. The first-order valence-electron chi connectivity index (χ1n) is 8.47. The Balaban J connectivity index is 1.50. The van der Waals surface area contributed by atoms with Crippen LogP contribution in [0.3, 0.4) is 0 Å². The van der Waals surface area contributed by atoms with Crippen LogP contribution in [0.15, 0.2) is 48.5 Å². The highest BCUT2D eigenvalue weighted by Gasteiger charge is 2.21. The number of rotatable bonds is 6. The molecule has 0 bridgehead atoms. The van der Waals surface area contributed by atoms with Crippen LogP contribution in [0, 0.1) is 0 Å². The average Bonchev–Trinajstić information content (AvgIpc) is 2.62. The zero-order valence-electron chi connectivity index (χ0n) is 14.0. The first-order chi connectivity index (χ1) is 12.1. The Morgan fingerprint density at radius 1 is 1.12 bits per heavy atom. The number of hydrogen-bond acceptors (Lipinski definition) is 4. The van der Waals surface area contributed by atoms with E-state index >= 15 is 0 Å². The molecular weight excluding hydrogens is 332 g/mol. The van der Waals surface area contributed by atoms with E-state index < -0.39 is 0 Å². The Bertz CT molecular complexity index is 762. The largest absolute Gasteiger partial charge is 0.399 e. The molecule has 2 aromatic carbocycles. The lowest BCUT2D eigenvalue weighted by Crippen LogP contribution is -2.32. The molecule has 0 radical (unpaired) electrons. The summed E-state index contributed by atoms with van der Waals surface area (Å²) in [5.74, 6) is 0.631. The molecule has 0 spiro atoms. The summed E-state index contributed by atoms with van der Waals surface area (Å²) >= 11 is 1.36. The molecule has 1 aliphatic carbocycles. The molecule has 0 saturated heterocycles. The van der Waals surface area contributed by atoms with Gasteiger partial charge in [-0.05, 0) is 42.5 Å². The van der Waals surface area contributed by atoms with Gasteiger partial charge in [0.25, 0.3) is 0 Å². The maximum Gasteiger partial charge on any atom is 0.230 e. The van der Waals surface area contributed by atoms with Crippen molar-refractivity contribution >= 4 is 29.1 Å². The Hall–Kier alpha value is -2.27. The zero-order valence-corrected chi connectivity index (χ0v) is 14.9. The molecule has 0 aromatic heterocycles. The van der Waals surface area contributed by atoms with Crippen molar-refractivity contribution in [2.45, 2.75) is 25.3 Å². The smallest absolute Gasteiger partial charge is 0.230 e. The second-order valence-corrected chi connectivity index (χ2v) is 7.24. The van der Waals surface area contributed by atoms with Gasteiger partial charge in [0.05, 0.1) is 17.5 Å². The van der Waals surface area contributed by atoms with Crippen molar-refractivity contribution in [3.8, 4) is 0 Å². The second-order valence-electron chi connectivity index (χ2n) is 6.25. The molecule has 1 aliphatic rings. The summed E-state index contributed by atoms with van der Waals surface area (Å²) in [6.07, 6.45) is 2.99. The van der Waals surface area contributed by atoms with Gasteiger partial charge in [0.2, 0.25) is 5.91 Å². The van der Waals surface area contributed by atoms with Crippen LogP contribution in [0.4, 0.5) is 5.69 Å². The predicted octanol–water partition coefficient (Wildman–Crippen LogP) is 3.38. The minimum absolute atomic E-state index is 0.0273. The van der Waals surface area contributed by atoms with Gasteiger partial charge in [-0.2, -0.15) is 0 Å². The standard InChI is InChI=1S/C20H22N2O2S/c21-16-9-10-17-15(11-16)7-4-8-18(17)22-20(24)13-25-12-19(23)14-5-2-1-3-6-14/h1-3,5-6,9-11,18H,4,7-8,12-13,21H2,(H,22,24). The molecule has 1 unspecified atom stereocenters. The van der Waals surface area contributed by atoms with Crippen LogP contribution in [0.5, 0.6) is 0 Å². The van der Waals surface area contributed by atoms with Gasteiger partial charge in [-0.1, -0.05) is 36.4 Å². The number of nitrogens with two attached hydrogens (primary N) is 1. The van der Waals surface area contributed by atoms with Gasteiger partial charge in [-0.15, -0.1) is 11.8 Å². The van der Waals surface area contributed by atoms with E-state index in [-0.39, 0.29) is 17.7 Å². The van der Waals surface area contributed by atoms with E-state index in [2.05, 4.69) is 5.32 Å². The summed E-state index contributed by atoms with van der Waals surface area (Å²) in [4.78, 5) is 24.3. The van der Waals surface area contributed by atoms with Crippen LogP contribution < -0.4 is 11.1 Å². The Labute approximate surface area is 152 Å². The van der Waals surface area contributed by atoms with Crippen LogP contribution in [-0.2, 0) is 11.2 Å². The lowest BCUT2D eigenvalue weighted by molar-refractivity contribution is -0.119. The van der Waals surface area contributed by atoms with Gasteiger partial charge in [0.1, 0.15) is 0 Å². The molecule has 0 heterocycles. The number of Topliss-reactive ketones (excluding diaryl/α,β-unsaturated/α-hetero) is 1. The SMILES string of the molecule is Nc1ccc2c(c1)CCCC2NC(=O)CSCC(=O)c1ccccc1. The van der Waals surface area contributed by atoms with Gasteiger partial charge in [-0.25, -0.2) is 0 Å². The number of aryl methyl sites for hydroxylation is 1. The van der Waals surface area contributed by atoms with Gasteiger partial charge in [0, 0.05) is 11.3 Å². The fourth-order valence-electron chi connectivity index (χ4n) is 3.16. The minimum Gasteiger partial charge on any atom is -0.399 e. The molecule has 25 heavy (non-hydrogen) atoms. The first-order valence-corrected chi connectivity index (χ1v) is 9.62. The van der Waals surface area contributed by atoms with E-state index in [4.69, 9.17) is 5.73 Å². The predicted molar refractivity (Wildman–Crippen MR) is 103 cm³/mol. The number of nitrogens with one attached hydrogen (secondary N) is 1. The number of hydrogen-bond donors (Lipinski definition) is 2. The number of amides is 1. The molecule has 3 rings (SSSR count). The van der Waals surface area contributed by atoms with Crippen LogP contribution in [0.2, 0.25) is 0 Å². The summed E-state index contributed by atoms with van der Waals surface area (Å²) in [6, 6.07) is 15.1. The maximum atomic E-state index is 12.2. The number of carbonyl (C=O) groups excluding carboxylic acids is 2. The maximum absolute atomic E-state index is 12.2. The Morgan fingerprint density at radius 2 is 1.92 bits per heavy atom. The third-order valence-electron chi connectivity index (χ3n) is 4.38. The number of fused-ring (bicyclic) bond motifs is 1. The lowest BCUT2D eigenvalue weighted by atomic mass is 9.87. The van der Waals surface area contributed by atoms with Gasteiger partial charge >= 0.3 is 0 Å². The number of anilines is 1. The number of nitrogen functional groups attached to an aromatic ring is 1. The molecular formula is C20H22N2O2S. The van der Waals surface area contributed by atoms with Crippen LogP contribution in [-0.4, -0.2) is 23.2 Å². The summed E-state index contributed by atoms with van der Waals surface area (Å²) in [5.41, 5.74) is 9.69. The fourth-order valence-corrected chi connectivity index (χ4v) is 3.89. The monoisotopic (exact) mass is 354 g/mol. The molecule has 2 aromatic rings. The van der Waals surface area contributed by atoms with Crippen LogP contribution in [0.1, 0.15) is 40.4 Å². The van der Waals surface area contributed by atoms with Crippen molar-refractivity contribution in [3.05, 3.63) is 65.2 Å². The highest BCUT2D eigenvalue weighted by atomic mass is 32.2. The molecule has 0 aliphatic heterocycles. The lowest BCUT2D eigenvalue weighted by Gasteiger charge is -2.26. The van der Waals surface area contributed by atoms with Crippen molar-refractivity contribution in [1.29, 1.82) is 0 Å². The fraction of sp³-hybridized carbons (Fsp3) is 0.300. The van der Waals surface area contributed by atoms with Crippen molar-refractivity contribution < 1.29 is 9.59 Å². The van der Waals surface area contributed by atoms with E-state index in [1.807, 2.05) is 36.4 Å². The molecule has 130 valence electrons. The van der Waals surface area contributed by atoms with E-state index in [1.54, 1.807) is 12.1 Å². The Kier molecular flexibility index (Phi) is 5.76. The molecule has 4 nitrogen and oxygen atoms in total. The van der Waals surface area contributed by atoms with E-state index in [0.29, 0.717) is 17.1 Å². The number of ketones is 1. The number of thioether (sulfide) groups is 1. The molecule has 0 fully saturated rings. The van der Waals surface area contributed by atoms with E-state index in [0.717, 1.165) is 24.9 Å². The van der Waals surface area contributed by atoms with Crippen LogP contribution in [0.25, 0.3) is 0 Å². The third kappa shape index (κ3) is 4.63. The van der Waals surface area contributed by atoms with Crippen molar-refractivity contribution in [3.63, 3.8) is 0 Å². The minimum atomic E-state index is -0.0273. The topological polar surface area (TPSA) is 72.2 Å². The first kappa shape index (κ1) is 17.5. The highest BCUT2D eigenvalue weighted by molar-refractivity contribution is 8.00. The summed E-state index contributed by atoms with van der Waals surface area (Å²) in [6.45, 7) is 0. The van der Waals surface area contributed by atoms with Crippen molar-refractivity contribution in [2.75, 3.05) is 17.2 Å². The summed E-state index contributed by atoms with van der Waals surface area (Å²) < 4.78 is 0. The second kappa shape index (κ2) is 8.21. The molecule has 1 atom stereocenters. The van der Waals surface area contributed by atoms with Gasteiger partial charge < -0.3 is 11.1 Å². The molecule has 1 amide bonds. The number of carbonyl (C=O) groups is 2. The van der Waals surface area contributed by atoms with E-state index in [9.17, 15) is 9.59 Å². The van der Waals surface area contributed by atoms with E-state index in [1.165, 1.54) is 22.9 Å². The third-order valence-corrected chi connectivity index (χ3v) is 5.31. The summed E-state index contributed by atoms with van der Waals surface area (Å²) in [5, 5.41) is 3.10. The summed E-state index contributed by atoms with van der Waals surface area (Å²) in [7, 11) is 0. The quantitative estimate of drug-likeness (QED) is 0.616. The van der Waals surface area contributed by atoms with Crippen molar-refractivity contribution in [1.82, 2.24) is 5.32 Å². The van der Waals surface area contributed by atoms with Crippen molar-refractivity contribution in [2.24, 2.45) is 0 Å². The van der Waals surface area contributed by atoms with Gasteiger partial charge in [0.15, 0.2) is 5.78 Å². The Morgan fingerprint density at radius 3 is 2.72 bits per heavy atom. The normalized spacial score (nSPS) is 16.1. The number of benzene rings is 2. The molecule has 5 heteroatoms. The van der Waals surface area contributed by atoms with Gasteiger partial charge in [-0.3, -0.25) is 9.59 Å². The highest BCUT2D eigenvalue weighted by Crippen LogP contribution is 2.31. The zero-order chi connectivity index (χ0) is 17.6. The molecule has 3 N–H and O–H groups in total. The molecule has 0 saturated carbocycles.